The third kappa shape index (κ3) is 3.08. The molecule has 19 heavy (non-hydrogen) atoms. The molecule has 98 valence electrons. The second kappa shape index (κ2) is 5.36. The molecule has 2 rings (SSSR count). The van der Waals surface area contributed by atoms with Gasteiger partial charge in [0, 0.05) is 11.6 Å². The van der Waals surface area contributed by atoms with Gasteiger partial charge in [-0.15, -0.1) is 0 Å². The van der Waals surface area contributed by atoms with Gasteiger partial charge in [-0.25, -0.2) is 8.78 Å². The highest BCUT2D eigenvalue weighted by Crippen LogP contribution is 2.27. The van der Waals surface area contributed by atoms with Crippen LogP contribution in [-0.2, 0) is 0 Å². The molecule has 0 unspecified atom stereocenters. The lowest BCUT2D eigenvalue weighted by Crippen LogP contribution is -2.11. The zero-order valence-electron chi connectivity index (χ0n) is 9.49. The molecule has 3 nitrogen and oxygen atoms in total. The van der Waals surface area contributed by atoms with E-state index in [0.29, 0.717) is 0 Å². The number of hydrogen-bond donors (Lipinski definition) is 1. The zero-order chi connectivity index (χ0) is 14.0. The van der Waals surface area contributed by atoms with Crippen LogP contribution in [0.3, 0.4) is 0 Å². The number of ether oxygens (including phenoxy) is 1. The van der Waals surface area contributed by atoms with Gasteiger partial charge in [-0.3, -0.25) is 4.79 Å². The highest BCUT2D eigenvalue weighted by Gasteiger charge is 2.10. The molecule has 2 N–H and O–H groups in total. The summed E-state index contributed by atoms with van der Waals surface area (Å²) in [4.78, 5) is 10.9. The Bertz CT molecular complexity index is 647. The fourth-order valence-electron chi connectivity index (χ4n) is 1.40. The van der Waals surface area contributed by atoms with Crippen LogP contribution in [0.1, 0.15) is 10.4 Å². The van der Waals surface area contributed by atoms with Gasteiger partial charge in [0.1, 0.15) is 11.6 Å². The smallest absolute Gasteiger partial charge is 0.248 e. The molecule has 0 aliphatic heterocycles. The van der Waals surface area contributed by atoms with Gasteiger partial charge in [0.2, 0.25) is 5.91 Å². The highest BCUT2D eigenvalue weighted by molar-refractivity contribution is 9.10. The molecule has 0 fully saturated rings. The van der Waals surface area contributed by atoms with E-state index < -0.39 is 17.5 Å². The summed E-state index contributed by atoms with van der Waals surface area (Å²) in [7, 11) is 0. The summed E-state index contributed by atoms with van der Waals surface area (Å²) >= 11 is 3.00. The minimum atomic E-state index is -0.750. The van der Waals surface area contributed by atoms with E-state index in [0.717, 1.165) is 12.1 Å². The van der Waals surface area contributed by atoms with Crippen LogP contribution in [0.4, 0.5) is 8.78 Å². The summed E-state index contributed by atoms with van der Waals surface area (Å²) in [5.74, 6) is -1.98. The number of halogens is 3. The molecule has 0 heterocycles. The van der Waals surface area contributed by atoms with Crippen LogP contribution >= 0.6 is 15.9 Å². The van der Waals surface area contributed by atoms with E-state index in [2.05, 4.69) is 15.9 Å². The minimum absolute atomic E-state index is 0.0341. The molecule has 0 aliphatic carbocycles. The predicted molar refractivity (Wildman–Crippen MR) is 69.1 cm³/mol. The SMILES string of the molecule is NC(=O)c1ccc(Oc2ccc(Br)c(F)c2)c(F)c1. The van der Waals surface area contributed by atoms with E-state index in [1.807, 2.05) is 0 Å². The number of carbonyl (C=O) groups is 1. The minimum Gasteiger partial charge on any atom is -0.454 e. The first-order valence-corrected chi connectivity index (χ1v) is 5.99. The van der Waals surface area contributed by atoms with Gasteiger partial charge >= 0.3 is 0 Å². The van der Waals surface area contributed by atoms with Crippen molar-refractivity contribution in [1.82, 2.24) is 0 Å². The maximum absolute atomic E-state index is 13.6. The summed E-state index contributed by atoms with van der Waals surface area (Å²) in [6.45, 7) is 0. The Kier molecular flexibility index (Phi) is 3.80. The van der Waals surface area contributed by atoms with Crippen molar-refractivity contribution >= 4 is 21.8 Å². The molecule has 0 saturated heterocycles. The Morgan fingerprint density at radius 1 is 1.11 bits per heavy atom. The molecule has 0 spiro atoms. The average molecular weight is 328 g/mol. The van der Waals surface area contributed by atoms with Crippen molar-refractivity contribution in [3.8, 4) is 11.5 Å². The number of carbonyl (C=O) groups excluding carboxylic acids is 1. The summed E-state index contributed by atoms with van der Waals surface area (Å²) in [5, 5.41) is 0. The number of hydrogen-bond acceptors (Lipinski definition) is 2. The third-order valence-electron chi connectivity index (χ3n) is 2.34. The number of primary amides is 1. The van der Waals surface area contributed by atoms with Crippen molar-refractivity contribution < 1.29 is 18.3 Å². The topological polar surface area (TPSA) is 52.3 Å². The first-order valence-electron chi connectivity index (χ1n) is 5.19. The lowest BCUT2D eigenvalue weighted by molar-refractivity contribution is 0.1000. The van der Waals surface area contributed by atoms with Crippen molar-refractivity contribution in [1.29, 1.82) is 0 Å². The van der Waals surface area contributed by atoms with Gasteiger partial charge in [0.05, 0.1) is 4.47 Å². The number of rotatable bonds is 3. The Morgan fingerprint density at radius 3 is 2.42 bits per heavy atom. The normalized spacial score (nSPS) is 10.3. The van der Waals surface area contributed by atoms with E-state index in [1.165, 1.54) is 24.3 Å². The highest BCUT2D eigenvalue weighted by atomic mass is 79.9. The molecular weight excluding hydrogens is 320 g/mol. The zero-order valence-corrected chi connectivity index (χ0v) is 11.1. The Morgan fingerprint density at radius 2 is 1.84 bits per heavy atom. The first-order chi connectivity index (χ1) is 8.97. The number of amides is 1. The van der Waals surface area contributed by atoms with Crippen molar-refractivity contribution in [2.45, 2.75) is 0 Å². The second-order valence-corrected chi connectivity index (χ2v) is 4.54. The molecule has 0 aliphatic rings. The average Bonchev–Trinajstić information content (AvgIpc) is 2.36. The van der Waals surface area contributed by atoms with E-state index in [4.69, 9.17) is 10.5 Å². The lowest BCUT2D eigenvalue weighted by Gasteiger charge is -2.08. The van der Waals surface area contributed by atoms with Crippen molar-refractivity contribution in [3.05, 3.63) is 58.1 Å². The van der Waals surface area contributed by atoms with Crippen LogP contribution in [0.2, 0.25) is 0 Å². The second-order valence-electron chi connectivity index (χ2n) is 3.69. The van der Waals surface area contributed by atoms with Crippen molar-refractivity contribution in [2.75, 3.05) is 0 Å². The molecule has 1 amide bonds. The van der Waals surface area contributed by atoms with Crippen LogP contribution in [0, 0.1) is 11.6 Å². The van der Waals surface area contributed by atoms with E-state index in [-0.39, 0.29) is 21.5 Å². The van der Waals surface area contributed by atoms with Crippen LogP contribution in [0.5, 0.6) is 11.5 Å². The van der Waals surface area contributed by atoms with Gasteiger partial charge in [0.25, 0.3) is 0 Å². The van der Waals surface area contributed by atoms with E-state index >= 15 is 0 Å². The Hall–Kier alpha value is -1.95. The van der Waals surface area contributed by atoms with E-state index in [1.54, 1.807) is 0 Å². The van der Waals surface area contributed by atoms with Gasteiger partial charge in [-0.05, 0) is 46.3 Å². The fraction of sp³-hybridized carbons (Fsp3) is 0. The summed E-state index contributed by atoms with van der Waals surface area (Å²) < 4.78 is 32.4. The third-order valence-corrected chi connectivity index (χ3v) is 2.98. The van der Waals surface area contributed by atoms with Crippen LogP contribution in [-0.4, -0.2) is 5.91 Å². The molecule has 0 saturated carbocycles. The molecule has 0 bridgehead atoms. The van der Waals surface area contributed by atoms with Crippen molar-refractivity contribution in [3.63, 3.8) is 0 Å². The molecule has 2 aromatic rings. The summed E-state index contributed by atoms with van der Waals surface area (Å²) in [6.07, 6.45) is 0. The van der Waals surface area contributed by atoms with Gasteiger partial charge in [-0.2, -0.15) is 0 Å². The maximum Gasteiger partial charge on any atom is 0.248 e. The Labute approximate surface area is 116 Å². The molecule has 0 atom stereocenters. The molecule has 0 radical (unpaired) electrons. The summed E-state index contributed by atoms with van der Waals surface area (Å²) in [5.41, 5.74) is 5.05. The Balaban J connectivity index is 2.28. The number of benzene rings is 2. The molecular formula is C13H8BrF2NO2. The quantitative estimate of drug-likeness (QED) is 0.936. The van der Waals surface area contributed by atoms with Gasteiger partial charge in [-0.1, -0.05) is 0 Å². The van der Waals surface area contributed by atoms with Crippen LogP contribution in [0.15, 0.2) is 40.9 Å². The monoisotopic (exact) mass is 327 g/mol. The molecule has 6 heteroatoms. The van der Waals surface area contributed by atoms with Crippen LogP contribution in [0.25, 0.3) is 0 Å². The maximum atomic E-state index is 13.6. The fourth-order valence-corrected chi connectivity index (χ4v) is 1.65. The standard InChI is InChI=1S/C13H8BrF2NO2/c14-9-3-2-8(6-10(9)15)19-12-4-1-7(13(17)18)5-11(12)16/h1-6H,(H2,17,18). The predicted octanol–water partition coefficient (Wildman–Crippen LogP) is 3.62. The van der Waals surface area contributed by atoms with Crippen LogP contribution < -0.4 is 10.5 Å². The molecule has 2 aromatic carbocycles. The first kappa shape index (κ1) is 13.5. The van der Waals surface area contributed by atoms with Gasteiger partial charge in [0.15, 0.2) is 11.6 Å². The molecule has 0 aromatic heterocycles. The van der Waals surface area contributed by atoms with Crippen molar-refractivity contribution in [2.24, 2.45) is 5.73 Å². The summed E-state index contributed by atoms with van der Waals surface area (Å²) in [6, 6.07) is 7.60. The number of nitrogens with two attached hydrogens (primary N) is 1. The lowest BCUT2D eigenvalue weighted by atomic mass is 10.2. The van der Waals surface area contributed by atoms with Gasteiger partial charge < -0.3 is 10.5 Å². The van der Waals surface area contributed by atoms with E-state index in [9.17, 15) is 13.6 Å². The largest absolute Gasteiger partial charge is 0.454 e.